The molecule has 11 atom stereocenters. The molecule has 3 saturated carbocycles. The first-order valence-corrected chi connectivity index (χ1v) is 13.0. The fraction of sp³-hybridized carbons (Fsp3) is 0.926. The van der Waals surface area contributed by atoms with E-state index in [2.05, 4.69) is 33.8 Å². The molecule has 6 rings (SSSR count). The molecule has 3 unspecified atom stereocenters. The molecule has 5 fully saturated rings. The Bertz CT molecular complexity index is 736. The van der Waals surface area contributed by atoms with E-state index >= 15 is 0 Å². The molecule has 0 radical (unpaired) electrons. The third-order valence-corrected chi connectivity index (χ3v) is 11.3. The summed E-state index contributed by atoms with van der Waals surface area (Å²) in [6, 6.07) is 0. The van der Waals surface area contributed by atoms with Crippen molar-refractivity contribution in [3.63, 3.8) is 0 Å². The van der Waals surface area contributed by atoms with Gasteiger partial charge in [-0.15, -0.1) is 0 Å². The van der Waals surface area contributed by atoms with Crippen LogP contribution in [0.5, 0.6) is 0 Å². The molecule has 3 heteroatoms. The van der Waals surface area contributed by atoms with Crippen LogP contribution in [-0.4, -0.2) is 29.7 Å². The maximum atomic E-state index is 10.3. The lowest BCUT2D eigenvalue weighted by atomic mass is 9.47. The minimum Gasteiger partial charge on any atom is -0.393 e. The largest absolute Gasteiger partial charge is 0.393 e. The van der Waals surface area contributed by atoms with Crippen molar-refractivity contribution >= 4 is 0 Å². The van der Waals surface area contributed by atoms with Crippen LogP contribution in [0.3, 0.4) is 0 Å². The molecule has 1 N–H and O–H groups in total. The van der Waals surface area contributed by atoms with Crippen molar-refractivity contribution in [2.75, 3.05) is 6.61 Å². The predicted octanol–water partition coefficient (Wildman–Crippen LogP) is 5.71. The predicted molar refractivity (Wildman–Crippen MR) is 118 cm³/mol. The molecule has 4 aliphatic carbocycles. The van der Waals surface area contributed by atoms with E-state index in [1.807, 2.05) is 0 Å². The number of hydrogen-bond donors (Lipinski definition) is 1. The number of hydrogen-bond acceptors (Lipinski definition) is 3. The summed E-state index contributed by atoms with van der Waals surface area (Å²) < 4.78 is 13.3. The Morgan fingerprint density at radius 2 is 1.87 bits per heavy atom. The van der Waals surface area contributed by atoms with Gasteiger partial charge in [0.1, 0.15) is 0 Å². The Kier molecular flexibility index (Phi) is 4.44. The van der Waals surface area contributed by atoms with Gasteiger partial charge in [0.25, 0.3) is 0 Å². The van der Waals surface area contributed by atoms with Crippen LogP contribution in [0.25, 0.3) is 0 Å². The summed E-state index contributed by atoms with van der Waals surface area (Å²) in [7, 11) is 0. The molecule has 168 valence electrons. The Morgan fingerprint density at radius 1 is 1.03 bits per heavy atom. The summed E-state index contributed by atoms with van der Waals surface area (Å²) in [4.78, 5) is 0. The van der Waals surface area contributed by atoms with E-state index in [4.69, 9.17) is 9.47 Å². The van der Waals surface area contributed by atoms with Gasteiger partial charge in [-0.25, -0.2) is 0 Å². The number of aliphatic hydroxyl groups is 1. The molecular weight excluding hydrogens is 372 g/mol. The summed E-state index contributed by atoms with van der Waals surface area (Å²) in [5.41, 5.74) is 2.31. The summed E-state index contributed by atoms with van der Waals surface area (Å²) in [6.45, 7) is 10.8. The molecule has 0 bridgehead atoms. The van der Waals surface area contributed by atoms with E-state index in [0.717, 1.165) is 43.6 Å². The number of rotatable bonds is 0. The van der Waals surface area contributed by atoms with E-state index in [9.17, 15) is 5.11 Å². The fourth-order valence-electron chi connectivity index (χ4n) is 9.66. The molecule has 1 spiro atoms. The molecule has 3 nitrogen and oxygen atoms in total. The molecule has 0 aromatic rings. The zero-order chi connectivity index (χ0) is 20.9. The first kappa shape index (κ1) is 20.2. The molecule has 0 aromatic carbocycles. The molecular formula is C27H42O3. The third kappa shape index (κ3) is 2.55. The van der Waals surface area contributed by atoms with Crippen molar-refractivity contribution in [3.05, 3.63) is 11.6 Å². The van der Waals surface area contributed by atoms with Gasteiger partial charge in [-0.2, -0.15) is 0 Å². The zero-order valence-corrected chi connectivity index (χ0v) is 19.5. The average Bonchev–Trinajstić information content (AvgIpc) is 3.16. The minimum absolute atomic E-state index is 0.107. The number of fused-ring (bicyclic) bond motifs is 7. The highest BCUT2D eigenvalue weighted by Gasteiger charge is 2.68. The molecule has 30 heavy (non-hydrogen) atoms. The smallest absolute Gasteiger partial charge is 0.171 e. The van der Waals surface area contributed by atoms with E-state index in [-0.39, 0.29) is 11.9 Å². The topological polar surface area (TPSA) is 38.7 Å². The third-order valence-electron chi connectivity index (χ3n) is 11.3. The van der Waals surface area contributed by atoms with Gasteiger partial charge in [-0.3, -0.25) is 0 Å². The molecule has 6 aliphatic rings. The molecule has 0 aromatic heterocycles. The lowest BCUT2D eigenvalue weighted by Gasteiger charge is -2.58. The van der Waals surface area contributed by atoms with Crippen molar-refractivity contribution in [1.29, 1.82) is 0 Å². The Hall–Kier alpha value is -0.380. The Labute approximate surface area is 183 Å². The Morgan fingerprint density at radius 3 is 2.63 bits per heavy atom. The van der Waals surface area contributed by atoms with E-state index < -0.39 is 0 Å². The highest BCUT2D eigenvalue weighted by molar-refractivity contribution is 5.26. The summed E-state index contributed by atoms with van der Waals surface area (Å²) in [5.74, 6) is 3.94. The van der Waals surface area contributed by atoms with Crippen LogP contribution >= 0.6 is 0 Å². The van der Waals surface area contributed by atoms with Crippen molar-refractivity contribution in [2.45, 2.75) is 103 Å². The second kappa shape index (κ2) is 6.58. The van der Waals surface area contributed by atoms with Crippen molar-refractivity contribution in [2.24, 2.45) is 46.3 Å². The standard InChI is InChI=1S/C27H42O3/c1-16-7-12-27(29-15-16)17(2)24-23(30-27)14-22-20-6-5-18-13-19(28)8-10-25(18,3)21(20)9-11-26(22,24)4/h5,16-17,19-24,28H,6-15H2,1-4H3/t16?,17?,19?,20-,21+,22+,23+,24-,25+,26+,27-/m1/s1. The summed E-state index contributed by atoms with van der Waals surface area (Å²) >= 11 is 0. The SMILES string of the molecule is CC1CC[C@@]2(OC1)O[C@H]1C[C@H]3[C@@H]4CC=C5CC(O)CC[C@]5(C)[C@H]4CC[C@]3(C)[C@@H]1C2C. The highest BCUT2D eigenvalue weighted by atomic mass is 16.7. The molecule has 0 amide bonds. The maximum absolute atomic E-state index is 10.3. The van der Waals surface area contributed by atoms with Crippen molar-refractivity contribution in [1.82, 2.24) is 0 Å². The number of aliphatic hydroxyl groups excluding tert-OH is 1. The van der Waals surface area contributed by atoms with E-state index in [1.54, 1.807) is 5.57 Å². The van der Waals surface area contributed by atoms with Gasteiger partial charge in [-0.05, 0) is 91.8 Å². The van der Waals surface area contributed by atoms with Gasteiger partial charge >= 0.3 is 0 Å². The number of ether oxygens (including phenoxy) is 2. The quantitative estimate of drug-likeness (QED) is 0.516. The van der Waals surface area contributed by atoms with Crippen LogP contribution in [0.4, 0.5) is 0 Å². The van der Waals surface area contributed by atoms with E-state index in [1.165, 1.54) is 38.5 Å². The summed E-state index contributed by atoms with van der Waals surface area (Å²) in [6.07, 6.45) is 13.5. The second-order valence-electron chi connectivity index (χ2n) is 12.7. The monoisotopic (exact) mass is 414 g/mol. The number of allylic oxidation sites excluding steroid dienone is 1. The first-order chi connectivity index (χ1) is 14.3. The Balaban J connectivity index is 1.28. The normalized spacial score (nSPS) is 59.8. The molecule has 2 aliphatic heterocycles. The van der Waals surface area contributed by atoms with Crippen LogP contribution in [0.15, 0.2) is 11.6 Å². The first-order valence-electron chi connectivity index (χ1n) is 13.0. The van der Waals surface area contributed by atoms with Gasteiger partial charge < -0.3 is 14.6 Å². The lowest BCUT2D eigenvalue weighted by molar-refractivity contribution is -0.272. The van der Waals surface area contributed by atoms with Crippen LogP contribution in [0, 0.1) is 46.3 Å². The highest BCUT2D eigenvalue weighted by Crippen LogP contribution is 2.70. The fourth-order valence-corrected chi connectivity index (χ4v) is 9.66. The van der Waals surface area contributed by atoms with Gasteiger partial charge in [0.15, 0.2) is 5.79 Å². The lowest BCUT2D eigenvalue weighted by Crippen LogP contribution is -2.52. The van der Waals surface area contributed by atoms with Gasteiger partial charge in [0, 0.05) is 12.3 Å². The van der Waals surface area contributed by atoms with Crippen LogP contribution in [-0.2, 0) is 9.47 Å². The van der Waals surface area contributed by atoms with Crippen LogP contribution < -0.4 is 0 Å². The maximum Gasteiger partial charge on any atom is 0.171 e. The van der Waals surface area contributed by atoms with Gasteiger partial charge in [0.05, 0.1) is 18.8 Å². The van der Waals surface area contributed by atoms with Gasteiger partial charge in [-0.1, -0.05) is 39.3 Å². The average molecular weight is 415 g/mol. The van der Waals surface area contributed by atoms with Gasteiger partial charge in [0.2, 0.25) is 0 Å². The van der Waals surface area contributed by atoms with Crippen molar-refractivity contribution < 1.29 is 14.6 Å². The van der Waals surface area contributed by atoms with E-state index in [0.29, 0.717) is 34.7 Å². The second-order valence-corrected chi connectivity index (χ2v) is 12.7. The van der Waals surface area contributed by atoms with Crippen LogP contribution in [0.1, 0.15) is 85.5 Å². The van der Waals surface area contributed by atoms with Crippen LogP contribution in [0.2, 0.25) is 0 Å². The zero-order valence-electron chi connectivity index (χ0n) is 19.5. The minimum atomic E-state index is -0.294. The molecule has 2 heterocycles. The summed E-state index contributed by atoms with van der Waals surface area (Å²) in [5, 5.41) is 10.3. The molecule has 2 saturated heterocycles. The van der Waals surface area contributed by atoms with Crippen molar-refractivity contribution in [3.8, 4) is 0 Å².